The van der Waals surface area contributed by atoms with Crippen LogP contribution in [-0.4, -0.2) is 42.0 Å². The van der Waals surface area contributed by atoms with Gasteiger partial charge in [0.05, 0.1) is 12.7 Å². The van der Waals surface area contributed by atoms with Gasteiger partial charge in [0.15, 0.2) is 5.16 Å². The average Bonchev–Trinajstić information content (AvgIpc) is 2.41. The first kappa shape index (κ1) is 16.0. The Bertz CT molecular complexity index is 374. The van der Waals surface area contributed by atoms with Crippen molar-refractivity contribution in [3.63, 3.8) is 0 Å². The van der Waals surface area contributed by atoms with Gasteiger partial charge in [-0.15, -0.1) is 0 Å². The predicted octanol–water partition coefficient (Wildman–Crippen LogP) is 2.86. The smallest absolute Gasteiger partial charge is 0.191 e. The maximum Gasteiger partial charge on any atom is 0.191 e. The van der Waals surface area contributed by atoms with E-state index >= 15 is 0 Å². The lowest BCUT2D eigenvalue weighted by Crippen LogP contribution is -2.14. The van der Waals surface area contributed by atoms with E-state index in [2.05, 4.69) is 27.5 Å². The zero-order chi connectivity index (χ0) is 14.1. The molecule has 0 spiro atoms. The van der Waals surface area contributed by atoms with E-state index in [9.17, 15) is 0 Å². The number of nitrogens with zero attached hydrogens (tertiary/aromatic N) is 2. The number of thioether (sulfide) groups is 1. The Kier molecular flexibility index (Phi) is 7.59. The lowest BCUT2D eigenvalue weighted by Gasteiger charge is -2.11. The van der Waals surface area contributed by atoms with Crippen molar-refractivity contribution in [2.75, 3.05) is 36.6 Å². The molecule has 0 amide bonds. The summed E-state index contributed by atoms with van der Waals surface area (Å²) >= 11 is 1.54. The number of anilines is 2. The van der Waals surface area contributed by atoms with Gasteiger partial charge >= 0.3 is 0 Å². The Hall–Kier alpha value is -1.01. The maximum atomic E-state index is 5.49. The first-order valence-electron chi connectivity index (χ1n) is 6.68. The predicted molar refractivity (Wildman–Crippen MR) is 82.2 cm³/mol. The fourth-order valence-electron chi connectivity index (χ4n) is 1.42. The van der Waals surface area contributed by atoms with E-state index in [0.29, 0.717) is 6.61 Å². The first-order chi connectivity index (χ1) is 9.15. The molecule has 0 aliphatic carbocycles. The summed E-state index contributed by atoms with van der Waals surface area (Å²) in [5.41, 5.74) is 0. The molecule has 1 heterocycles. The molecule has 0 aliphatic heterocycles. The molecule has 1 rings (SSSR count). The van der Waals surface area contributed by atoms with E-state index in [0.717, 1.165) is 36.3 Å². The zero-order valence-electron chi connectivity index (χ0n) is 12.2. The van der Waals surface area contributed by atoms with Crippen LogP contribution in [0.3, 0.4) is 0 Å². The minimum atomic E-state index is 0.260. The standard InChI is InChI=1S/C13H24N4OS/c1-5-6-14-11-9-12(17-13(16-11)19-4)15-7-8-18-10(2)3/h9-10H,5-8H2,1-4H3,(H2,14,15,16,17). The van der Waals surface area contributed by atoms with Crippen molar-refractivity contribution >= 4 is 23.4 Å². The zero-order valence-corrected chi connectivity index (χ0v) is 13.0. The summed E-state index contributed by atoms with van der Waals surface area (Å²) in [5.74, 6) is 1.71. The van der Waals surface area contributed by atoms with Gasteiger partial charge in [0.2, 0.25) is 0 Å². The van der Waals surface area contributed by atoms with Crippen LogP contribution < -0.4 is 10.6 Å². The second-order valence-corrected chi connectivity index (χ2v) is 5.17. The molecule has 0 fully saturated rings. The normalized spacial score (nSPS) is 10.8. The molecule has 0 aliphatic rings. The number of hydrogen-bond donors (Lipinski definition) is 2. The van der Waals surface area contributed by atoms with Gasteiger partial charge in [0.25, 0.3) is 0 Å². The highest BCUT2D eigenvalue weighted by atomic mass is 32.2. The van der Waals surface area contributed by atoms with Crippen LogP contribution in [0.5, 0.6) is 0 Å². The molecule has 2 N–H and O–H groups in total. The topological polar surface area (TPSA) is 59.1 Å². The third kappa shape index (κ3) is 6.63. The summed E-state index contributed by atoms with van der Waals surface area (Å²) in [6, 6.07) is 1.94. The van der Waals surface area contributed by atoms with Crippen LogP contribution in [0, 0.1) is 0 Å². The van der Waals surface area contributed by atoms with Gasteiger partial charge in [-0.05, 0) is 26.5 Å². The van der Waals surface area contributed by atoms with Gasteiger partial charge in [-0.25, -0.2) is 9.97 Å². The van der Waals surface area contributed by atoms with Crippen molar-refractivity contribution in [1.29, 1.82) is 0 Å². The van der Waals surface area contributed by atoms with Gasteiger partial charge in [0, 0.05) is 19.2 Å². The molecule has 0 radical (unpaired) electrons. The SMILES string of the molecule is CCCNc1cc(NCCOC(C)C)nc(SC)n1. The van der Waals surface area contributed by atoms with Crippen molar-refractivity contribution in [3.05, 3.63) is 6.07 Å². The summed E-state index contributed by atoms with van der Waals surface area (Å²) in [7, 11) is 0. The third-order valence-corrected chi connectivity index (χ3v) is 2.85. The molecular weight excluding hydrogens is 260 g/mol. The fraction of sp³-hybridized carbons (Fsp3) is 0.692. The summed E-state index contributed by atoms with van der Waals surface area (Å²) in [6.45, 7) is 8.53. The van der Waals surface area contributed by atoms with Crippen LogP contribution in [0.25, 0.3) is 0 Å². The summed E-state index contributed by atoms with van der Waals surface area (Å²) in [5, 5.41) is 7.32. The van der Waals surface area contributed by atoms with Gasteiger partial charge in [-0.3, -0.25) is 0 Å². The van der Waals surface area contributed by atoms with Gasteiger partial charge in [-0.1, -0.05) is 18.7 Å². The molecule has 0 saturated heterocycles. The second-order valence-electron chi connectivity index (χ2n) is 4.40. The number of rotatable bonds is 9. The average molecular weight is 284 g/mol. The largest absolute Gasteiger partial charge is 0.377 e. The van der Waals surface area contributed by atoms with Crippen LogP contribution in [0.1, 0.15) is 27.2 Å². The second kappa shape index (κ2) is 8.98. The van der Waals surface area contributed by atoms with E-state index in [1.54, 1.807) is 11.8 Å². The van der Waals surface area contributed by atoms with E-state index in [-0.39, 0.29) is 6.10 Å². The van der Waals surface area contributed by atoms with Crippen molar-refractivity contribution in [2.45, 2.75) is 38.5 Å². The van der Waals surface area contributed by atoms with Crippen LogP contribution in [-0.2, 0) is 4.74 Å². The van der Waals surface area contributed by atoms with Crippen molar-refractivity contribution in [1.82, 2.24) is 9.97 Å². The Morgan fingerprint density at radius 2 is 1.84 bits per heavy atom. The Morgan fingerprint density at radius 3 is 2.37 bits per heavy atom. The highest BCUT2D eigenvalue weighted by Crippen LogP contribution is 2.17. The third-order valence-electron chi connectivity index (χ3n) is 2.30. The lowest BCUT2D eigenvalue weighted by molar-refractivity contribution is 0.0870. The summed E-state index contributed by atoms with van der Waals surface area (Å²) < 4.78 is 5.49. The Morgan fingerprint density at radius 1 is 1.21 bits per heavy atom. The molecular formula is C13H24N4OS. The molecule has 1 aromatic heterocycles. The highest BCUT2D eigenvalue weighted by molar-refractivity contribution is 7.98. The van der Waals surface area contributed by atoms with Crippen LogP contribution in [0.15, 0.2) is 11.2 Å². The fourth-order valence-corrected chi connectivity index (χ4v) is 1.80. The molecule has 0 saturated carbocycles. The number of nitrogens with one attached hydrogen (secondary N) is 2. The molecule has 19 heavy (non-hydrogen) atoms. The number of ether oxygens (including phenoxy) is 1. The van der Waals surface area contributed by atoms with Crippen molar-refractivity contribution in [2.24, 2.45) is 0 Å². The molecule has 6 heteroatoms. The molecule has 5 nitrogen and oxygen atoms in total. The molecule has 0 atom stereocenters. The van der Waals surface area contributed by atoms with Gasteiger partial charge < -0.3 is 15.4 Å². The Labute approximate surface area is 119 Å². The van der Waals surface area contributed by atoms with E-state index in [4.69, 9.17) is 4.74 Å². The number of hydrogen-bond acceptors (Lipinski definition) is 6. The van der Waals surface area contributed by atoms with Crippen molar-refractivity contribution in [3.8, 4) is 0 Å². The van der Waals surface area contributed by atoms with Crippen LogP contribution >= 0.6 is 11.8 Å². The first-order valence-corrected chi connectivity index (χ1v) is 7.90. The quantitative estimate of drug-likeness (QED) is 0.413. The van der Waals surface area contributed by atoms with Crippen LogP contribution in [0.2, 0.25) is 0 Å². The maximum absolute atomic E-state index is 5.49. The number of aromatic nitrogens is 2. The van der Waals surface area contributed by atoms with Gasteiger partial charge in [0.1, 0.15) is 11.6 Å². The monoisotopic (exact) mass is 284 g/mol. The molecule has 108 valence electrons. The molecule has 0 unspecified atom stereocenters. The van der Waals surface area contributed by atoms with Crippen molar-refractivity contribution < 1.29 is 4.74 Å². The molecule has 0 aromatic carbocycles. The molecule has 1 aromatic rings. The molecule has 0 bridgehead atoms. The van der Waals surface area contributed by atoms with E-state index in [1.165, 1.54) is 0 Å². The minimum absolute atomic E-state index is 0.260. The van der Waals surface area contributed by atoms with Crippen LogP contribution in [0.4, 0.5) is 11.6 Å². The van der Waals surface area contributed by atoms with E-state index < -0.39 is 0 Å². The summed E-state index contributed by atoms with van der Waals surface area (Å²) in [4.78, 5) is 8.84. The van der Waals surface area contributed by atoms with E-state index in [1.807, 2.05) is 26.2 Å². The highest BCUT2D eigenvalue weighted by Gasteiger charge is 2.03. The summed E-state index contributed by atoms with van der Waals surface area (Å²) in [6.07, 6.45) is 3.31. The Balaban J connectivity index is 2.55. The van der Waals surface area contributed by atoms with Gasteiger partial charge in [-0.2, -0.15) is 0 Å². The minimum Gasteiger partial charge on any atom is -0.377 e. The lowest BCUT2D eigenvalue weighted by atomic mass is 10.4.